The lowest BCUT2D eigenvalue weighted by molar-refractivity contribution is -0.142. The smallest absolute Gasteiger partial charge is 0.261 e. The predicted octanol–water partition coefficient (Wildman–Crippen LogP) is 5.38. The number of benzene rings is 2. The Morgan fingerprint density at radius 1 is 1.12 bits per heavy atom. The van der Waals surface area contributed by atoms with Crippen molar-refractivity contribution in [1.82, 2.24) is 10.2 Å². The van der Waals surface area contributed by atoms with Gasteiger partial charge in [0.1, 0.15) is 6.04 Å². The number of ether oxygens (including phenoxy) is 1. The van der Waals surface area contributed by atoms with Crippen LogP contribution in [-0.2, 0) is 16.1 Å². The molecule has 0 spiro atoms. The molecule has 2 amide bonds. The molecule has 2 aromatic rings. The van der Waals surface area contributed by atoms with Crippen LogP contribution in [0.3, 0.4) is 0 Å². The average molecular weight is 481 g/mol. The van der Waals surface area contributed by atoms with Crippen LogP contribution in [0.4, 0.5) is 4.39 Å². The molecule has 1 saturated carbocycles. The lowest BCUT2D eigenvalue weighted by atomic mass is 9.95. The van der Waals surface area contributed by atoms with E-state index in [1.807, 2.05) is 0 Å². The van der Waals surface area contributed by atoms with Crippen molar-refractivity contribution >= 4 is 35.0 Å². The molecule has 1 N–H and O–H groups in total. The molecule has 172 valence electrons. The molecule has 3 rings (SSSR count). The Morgan fingerprint density at radius 3 is 2.53 bits per heavy atom. The number of hydrogen-bond acceptors (Lipinski definition) is 3. The van der Waals surface area contributed by atoms with Crippen molar-refractivity contribution in [3.8, 4) is 5.75 Å². The maximum Gasteiger partial charge on any atom is 0.261 e. The largest absolute Gasteiger partial charge is 0.481 e. The molecular weight excluding hydrogens is 454 g/mol. The zero-order valence-corrected chi connectivity index (χ0v) is 19.5. The quantitative estimate of drug-likeness (QED) is 0.551. The standard InChI is InChI=1S/C24H27Cl2FN2O3/c1-16(24(31)28-18-7-3-2-4-8-18)29(14-17-11-12-19(25)20(26)13-17)23(30)15-32-22-10-6-5-9-21(22)27/h5-6,9-13,16,18H,2-4,7-8,14-15H2,1H3,(H,28,31)/t16-/m0/s1. The van der Waals surface area contributed by atoms with Crippen molar-refractivity contribution in [1.29, 1.82) is 0 Å². The topological polar surface area (TPSA) is 58.6 Å². The molecule has 1 aliphatic carbocycles. The van der Waals surface area contributed by atoms with Gasteiger partial charge in [-0.05, 0) is 49.6 Å². The van der Waals surface area contributed by atoms with Crippen molar-refractivity contribution in [3.05, 3.63) is 63.9 Å². The van der Waals surface area contributed by atoms with E-state index in [1.54, 1.807) is 31.2 Å². The second kappa shape index (κ2) is 11.5. The lowest BCUT2D eigenvalue weighted by Crippen LogP contribution is -2.51. The van der Waals surface area contributed by atoms with Gasteiger partial charge in [0.05, 0.1) is 10.0 Å². The summed E-state index contributed by atoms with van der Waals surface area (Å²) in [4.78, 5) is 27.4. The molecule has 1 atom stereocenters. The van der Waals surface area contributed by atoms with E-state index in [0.717, 1.165) is 31.2 Å². The Balaban J connectivity index is 1.74. The molecule has 0 saturated heterocycles. The van der Waals surface area contributed by atoms with Gasteiger partial charge in [-0.3, -0.25) is 9.59 Å². The minimum atomic E-state index is -0.747. The molecule has 8 heteroatoms. The van der Waals surface area contributed by atoms with Crippen LogP contribution >= 0.6 is 23.2 Å². The Morgan fingerprint density at radius 2 is 1.84 bits per heavy atom. The van der Waals surface area contributed by atoms with Crippen LogP contribution in [-0.4, -0.2) is 35.4 Å². The second-order valence-electron chi connectivity index (χ2n) is 8.01. The van der Waals surface area contributed by atoms with Crippen LogP contribution in [0.15, 0.2) is 42.5 Å². The maximum atomic E-state index is 13.9. The minimum absolute atomic E-state index is 0.0188. The summed E-state index contributed by atoms with van der Waals surface area (Å²) < 4.78 is 19.3. The fourth-order valence-corrected chi connectivity index (χ4v) is 4.09. The Kier molecular flexibility index (Phi) is 8.76. The number of para-hydroxylation sites is 1. The molecule has 0 unspecified atom stereocenters. The summed E-state index contributed by atoms with van der Waals surface area (Å²) in [7, 11) is 0. The SMILES string of the molecule is C[C@@H](C(=O)NC1CCCCC1)N(Cc1ccc(Cl)c(Cl)c1)C(=O)COc1ccccc1F. The molecule has 0 radical (unpaired) electrons. The molecule has 32 heavy (non-hydrogen) atoms. The summed E-state index contributed by atoms with van der Waals surface area (Å²) in [6.45, 7) is 1.41. The Labute approximate surface area is 197 Å². The molecule has 0 bridgehead atoms. The van der Waals surface area contributed by atoms with Crippen molar-refractivity contribution in [2.24, 2.45) is 0 Å². The highest BCUT2D eigenvalue weighted by atomic mass is 35.5. The van der Waals surface area contributed by atoms with E-state index in [4.69, 9.17) is 27.9 Å². The van der Waals surface area contributed by atoms with Crippen molar-refractivity contribution in [2.45, 2.75) is 57.7 Å². The monoisotopic (exact) mass is 480 g/mol. The number of halogens is 3. The number of amides is 2. The lowest BCUT2D eigenvalue weighted by Gasteiger charge is -2.31. The molecule has 0 heterocycles. The highest BCUT2D eigenvalue weighted by molar-refractivity contribution is 6.42. The normalized spacial score (nSPS) is 15.1. The number of nitrogens with one attached hydrogen (secondary N) is 1. The second-order valence-corrected chi connectivity index (χ2v) is 8.82. The van der Waals surface area contributed by atoms with Crippen LogP contribution in [0.2, 0.25) is 10.0 Å². The zero-order chi connectivity index (χ0) is 23.1. The first-order valence-corrected chi connectivity index (χ1v) is 11.5. The third-order valence-corrected chi connectivity index (χ3v) is 6.38. The molecule has 2 aromatic carbocycles. The van der Waals surface area contributed by atoms with Gasteiger partial charge in [-0.1, -0.05) is 60.7 Å². The predicted molar refractivity (Wildman–Crippen MR) is 123 cm³/mol. The molecular formula is C24H27Cl2FN2O3. The Hall–Kier alpha value is -2.31. The number of carbonyl (C=O) groups is 2. The fraction of sp³-hybridized carbons (Fsp3) is 0.417. The Bertz CT molecular complexity index is 951. The van der Waals surface area contributed by atoms with Gasteiger partial charge in [0.25, 0.3) is 5.91 Å². The highest BCUT2D eigenvalue weighted by Gasteiger charge is 2.28. The van der Waals surface area contributed by atoms with Crippen LogP contribution in [0, 0.1) is 5.82 Å². The van der Waals surface area contributed by atoms with Gasteiger partial charge in [-0.2, -0.15) is 0 Å². The molecule has 0 aromatic heterocycles. The number of nitrogens with zero attached hydrogens (tertiary/aromatic N) is 1. The van der Waals surface area contributed by atoms with E-state index in [2.05, 4.69) is 5.32 Å². The number of carbonyl (C=O) groups excluding carboxylic acids is 2. The highest BCUT2D eigenvalue weighted by Crippen LogP contribution is 2.24. The third kappa shape index (κ3) is 6.59. The summed E-state index contributed by atoms with van der Waals surface area (Å²) >= 11 is 12.1. The first-order chi connectivity index (χ1) is 15.3. The zero-order valence-electron chi connectivity index (χ0n) is 18.0. The van der Waals surface area contributed by atoms with Gasteiger partial charge in [0.15, 0.2) is 18.2 Å². The van der Waals surface area contributed by atoms with Crippen LogP contribution < -0.4 is 10.1 Å². The van der Waals surface area contributed by atoms with Gasteiger partial charge in [-0.25, -0.2) is 4.39 Å². The van der Waals surface area contributed by atoms with E-state index in [0.29, 0.717) is 10.0 Å². The summed E-state index contributed by atoms with van der Waals surface area (Å²) in [6.07, 6.45) is 5.23. The minimum Gasteiger partial charge on any atom is -0.481 e. The van der Waals surface area contributed by atoms with Crippen LogP contribution in [0.1, 0.15) is 44.6 Å². The summed E-state index contributed by atoms with van der Waals surface area (Å²) in [5, 5.41) is 3.82. The number of hydrogen-bond donors (Lipinski definition) is 1. The van der Waals surface area contributed by atoms with E-state index >= 15 is 0 Å². The molecule has 1 aliphatic rings. The molecule has 5 nitrogen and oxygen atoms in total. The van der Waals surface area contributed by atoms with Crippen LogP contribution in [0.5, 0.6) is 5.75 Å². The van der Waals surface area contributed by atoms with Crippen molar-refractivity contribution in [2.75, 3.05) is 6.61 Å². The van der Waals surface area contributed by atoms with Gasteiger partial charge in [-0.15, -0.1) is 0 Å². The third-order valence-electron chi connectivity index (χ3n) is 5.64. The average Bonchev–Trinajstić information content (AvgIpc) is 2.79. The molecule has 1 fully saturated rings. The van der Waals surface area contributed by atoms with Crippen molar-refractivity contribution in [3.63, 3.8) is 0 Å². The summed E-state index contributed by atoms with van der Waals surface area (Å²) in [6, 6.07) is 10.3. The summed E-state index contributed by atoms with van der Waals surface area (Å²) in [5.74, 6) is -1.24. The van der Waals surface area contributed by atoms with Gasteiger partial charge in [0, 0.05) is 12.6 Å². The van der Waals surface area contributed by atoms with Crippen LogP contribution in [0.25, 0.3) is 0 Å². The first-order valence-electron chi connectivity index (χ1n) is 10.8. The first kappa shape index (κ1) is 24.3. The van der Waals surface area contributed by atoms with Crippen molar-refractivity contribution < 1.29 is 18.7 Å². The van der Waals surface area contributed by atoms with E-state index in [1.165, 1.54) is 29.5 Å². The summed E-state index contributed by atoms with van der Waals surface area (Å²) in [5.41, 5.74) is 0.718. The van der Waals surface area contributed by atoms with E-state index in [9.17, 15) is 14.0 Å². The van der Waals surface area contributed by atoms with E-state index < -0.39 is 24.4 Å². The van der Waals surface area contributed by atoms with Gasteiger partial charge < -0.3 is 15.0 Å². The fourth-order valence-electron chi connectivity index (χ4n) is 3.77. The van der Waals surface area contributed by atoms with E-state index in [-0.39, 0.29) is 24.2 Å². The maximum absolute atomic E-state index is 13.9. The van der Waals surface area contributed by atoms with Gasteiger partial charge >= 0.3 is 0 Å². The van der Waals surface area contributed by atoms with Gasteiger partial charge in [0.2, 0.25) is 5.91 Å². The molecule has 0 aliphatic heterocycles. The number of rotatable bonds is 8.